The molecule has 0 saturated carbocycles. The van der Waals surface area contributed by atoms with Crippen LogP contribution >= 0.6 is 31.9 Å². The topological polar surface area (TPSA) is 89.0 Å². The predicted molar refractivity (Wildman–Crippen MR) is 110 cm³/mol. The number of hydrogen-bond acceptors (Lipinski definition) is 5. The zero-order valence-electron chi connectivity index (χ0n) is 14.6. The number of carbonyl (C=O) groups is 2. The van der Waals surface area contributed by atoms with Crippen molar-refractivity contribution in [2.75, 3.05) is 19.0 Å². The molecule has 2 N–H and O–H groups in total. The van der Waals surface area contributed by atoms with E-state index in [2.05, 4.69) is 52.4 Å². The van der Waals surface area contributed by atoms with Gasteiger partial charge in [-0.2, -0.15) is 5.10 Å². The van der Waals surface area contributed by atoms with E-state index in [1.807, 2.05) is 25.1 Å². The second-order valence-corrected chi connectivity index (χ2v) is 7.03. The van der Waals surface area contributed by atoms with Gasteiger partial charge in [0.25, 0.3) is 0 Å². The molecule has 9 heteroatoms. The molecular weight excluding hydrogens is 482 g/mol. The summed E-state index contributed by atoms with van der Waals surface area (Å²) in [4.78, 5) is 23.1. The summed E-state index contributed by atoms with van der Waals surface area (Å²) in [6.07, 6.45) is 1.48. The Morgan fingerprint density at radius 1 is 1.19 bits per heavy atom. The van der Waals surface area contributed by atoms with Crippen LogP contribution in [0.5, 0.6) is 5.75 Å². The lowest BCUT2D eigenvalue weighted by Crippen LogP contribution is -2.24. The lowest BCUT2D eigenvalue weighted by molar-refractivity contribution is -0.142. The zero-order chi connectivity index (χ0) is 19.8. The fourth-order valence-electron chi connectivity index (χ4n) is 2.01. The lowest BCUT2D eigenvalue weighted by atomic mass is 10.2. The molecule has 142 valence electrons. The molecule has 0 aliphatic heterocycles. The van der Waals surface area contributed by atoms with E-state index in [9.17, 15) is 9.59 Å². The summed E-state index contributed by atoms with van der Waals surface area (Å²) >= 11 is 6.75. The second kappa shape index (κ2) is 10.1. The van der Waals surface area contributed by atoms with Gasteiger partial charge in [0.1, 0.15) is 5.75 Å². The molecule has 0 aliphatic rings. The molecule has 0 heterocycles. The van der Waals surface area contributed by atoms with Crippen LogP contribution in [0.4, 0.5) is 10.5 Å². The van der Waals surface area contributed by atoms with Crippen LogP contribution in [-0.2, 0) is 9.53 Å². The van der Waals surface area contributed by atoms with Crippen LogP contribution in [0.15, 0.2) is 50.4 Å². The van der Waals surface area contributed by atoms with Crippen molar-refractivity contribution in [3.05, 3.63) is 56.5 Å². The minimum absolute atomic E-state index is 0.207. The fraction of sp³-hybridized carbons (Fsp3) is 0.167. The molecule has 27 heavy (non-hydrogen) atoms. The van der Waals surface area contributed by atoms with E-state index in [0.29, 0.717) is 25.9 Å². The normalized spacial score (nSPS) is 10.5. The van der Waals surface area contributed by atoms with Crippen LogP contribution in [0.3, 0.4) is 0 Å². The van der Waals surface area contributed by atoms with Crippen molar-refractivity contribution in [1.82, 2.24) is 5.43 Å². The van der Waals surface area contributed by atoms with Gasteiger partial charge in [0.2, 0.25) is 0 Å². The van der Waals surface area contributed by atoms with Crippen molar-refractivity contribution in [3.8, 4) is 5.75 Å². The van der Waals surface area contributed by atoms with Crippen LogP contribution in [0, 0.1) is 6.92 Å². The number of carbonyl (C=O) groups excluding carboxylic acids is 2. The Hall–Kier alpha value is -2.39. The predicted octanol–water partition coefficient (Wildman–Crippen LogP) is 4.23. The molecule has 2 rings (SSSR count). The van der Waals surface area contributed by atoms with Gasteiger partial charge in [-0.1, -0.05) is 18.2 Å². The molecule has 0 bridgehead atoms. The molecule has 2 aromatic carbocycles. The summed E-state index contributed by atoms with van der Waals surface area (Å²) in [5.74, 6) is -0.0221. The molecule has 2 amide bonds. The molecule has 0 unspecified atom stereocenters. The molecule has 0 radical (unpaired) electrons. The van der Waals surface area contributed by atoms with Crippen LogP contribution in [0.2, 0.25) is 0 Å². The van der Waals surface area contributed by atoms with Crippen LogP contribution in [0.1, 0.15) is 11.1 Å². The number of para-hydroxylation sites is 1. The maximum absolute atomic E-state index is 11.9. The van der Waals surface area contributed by atoms with E-state index >= 15 is 0 Å². The third kappa shape index (κ3) is 6.37. The summed E-state index contributed by atoms with van der Waals surface area (Å²) < 4.78 is 11.2. The highest BCUT2D eigenvalue weighted by molar-refractivity contribution is 9.11. The highest BCUT2D eigenvalue weighted by Gasteiger charge is 2.11. The number of ether oxygens (including phenoxy) is 2. The number of amides is 2. The first-order valence-electron chi connectivity index (χ1n) is 7.75. The van der Waals surface area contributed by atoms with E-state index in [1.165, 1.54) is 13.3 Å². The Labute approximate surface area is 173 Å². The minimum atomic E-state index is -0.483. The van der Waals surface area contributed by atoms with Gasteiger partial charge in [-0.3, -0.25) is 0 Å². The van der Waals surface area contributed by atoms with Crippen LogP contribution in [-0.4, -0.2) is 31.9 Å². The largest absolute Gasteiger partial charge is 0.480 e. The first kappa shape index (κ1) is 20.9. The van der Waals surface area contributed by atoms with E-state index in [0.717, 1.165) is 5.56 Å². The number of aryl methyl sites for hydroxylation is 1. The van der Waals surface area contributed by atoms with Gasteiger partial charge in [0, 0.05) is 5.69 Å². The lowest BCUT2D eigenvalue weighted by Gasteiger charge is -2.10. The number of hydrazone groups is 1. The van der Waals surface area contributed by atoms with E-state index in [-0.39, 0.29) is 6.61 Å². The average Bonchev–Trinajstić information content (AvgIpc) is 2.62. The first-order valence-corrected chi connectivity index (χ1v) is 9.33. The summed E-state index contributed by atoms with van der Waals surface area (Å²) in [5, 5.41) is 6.64. The van der Waals surface area contributed by atoms with Gasteiger partial charge in [-0.25, -0.2) is 15.0 Å². The second-order valence-electron chi connectivity index (χ2n) is 5.32. The number of hydrogen-bond donors (Lipinski definition) is 2. The van der Waals surface area contributed by atoms with Crippen LogP contribution < -0.4 is 15.5 Å². The highest BCUT2D eigenvalue weighted by atomic mass is 79.9. The molecule has 2 aromatic rings. The molecule has 0 aliphatic carbocycles. The van der Waals surface area contributed by atoms with Gasteiger partial charge in [0.15, 0.2) is 6.61 Å². The summed E-state index contributed by atoms with van der Waals surface area (Å²) in [5.41, 5.74) is 4.77. The van der Waals surface area contributed by atoms with E-state index in [4.69, 9.17) is 4.74 Å². The number of urea groups is 1. The minimum Gasteiger partial charge on any atom is -0.480 e. The maximum Gasteiger partial charge on any atom is 0.343 e. The Morgan fingerprint density at radius 3 is 2.48 bits per heavy atom. The molecule has 7 nitrogen and oxygen atoms in total. The zero-order valence-corrected chi connectivity index (χ0v) is 17.8. The number of methoxy groups -OCH3 is 1. The number of rotatable bonds is 6. The third-order valence-corrected chi connectivity index (χ3v) is 4.53. The Kier molecular flexibility index (Phi) is 7.81. The number of esters is 1. The summed E-state index contributed by atoms with van der Waals surface area (Å²) in [6, 6.07) is 10.5. The van der Waals surface area contributed by atoms with E-state index < -0.39 is 12.0 Å². The Bertz CT molecular complexity index is 848. The van der Waals surface area contributed by atoms with Gasteiger partial charge >= 0.3 is 12.0 Å². The first-order chi connectivity index (χ1) is 12.9. The Morgan fingerprint density at radius 2 is 1.85 bits per heavy atom. The molecule has 0 fully saturated rings. The SMILES string of the molecule is COC(=O)COc1c(Br)cc(C=NNC(=O)Nc2ccccc2C)cc1Br. The van der Waals surface area contributed by atoms with Crippen molar-refractivity contribution < 1.29 is 19.1 Å². The Balaban J connectivity index is 1.97. The number of halogens is 2. The number of benzene rings is 2. The van der Waals surface area contributed by atoms with Gasteiger partial charge in [-0.15, -0.1) is 0 Å². The molecular formula is C18H17Br2N3O4. The van der Waals surface area contributed by atoms with E-state index in [1.54, 1.807) is 18.2 Å². The van der Waals surface area contributed by atoms with Gasteiger partial charge < -0.3 is 14.8 Å². The highest BCUT2D eigenvalue weighted by Crippen LogP contribution is 2.34. The van der Waals surface area contributed by atoms with Crippen molar-refractivity contribution in [1.29, 1.82) is 0 Å². The van der Waals surface area contributed by atoms with Crippen molar-refractivity contribution >= 4 is 55.8 Å². The van der Waals surface area contributed by atoms with Crippen LogP contribution in [0.25, 0.3) is 0 Å². The number of nitrogens with one attached hydrogen (secondary N) is 2. The van der Waals surface area contributed by atoms with Gasteiger partial charge in [0.05, 0.1) is 22.3 Å². The smallest absolute Gasteiger partial charge is 0.343 e. The summed E-state index contributed by atoms with van der Waals surface area (Å²) in [7, 11) is 1.29. The third-order valence-electron chi connectivity index (χ3n) is 3.36. The molecule has 0 spiro atoms. The van der Waals surface area contributed by atoms with Crippen molar-refractivity contribution in [3.63, 3.8) is 0 Å². The van der Waals surface area contributed by atoms with Crippen molar-refractivity contribution in [2.45, 2.75) is 6.92 Å². The monoisotopic (exact) mass is 497 g/mol. The number of anilines is 1. The molecule has 0 atom stereocenters. The fourth-order valence-corrected chi connectivity index (χ4v) is 3.46. The average molecular weight is 499 g/mol. The molecule has 0 saturated heterocycles. The molecule has 0 aromatic heterocycles. The van der Waals surface area contributed by atoms with Crippen molar-refractivity contribution in [2.24, 2.45) is 5.10 Å². The standard InChI is InChI=1S/C18H17Br2N3O4/c1-11-5-3-4-6-15(11)22-18(25)23-21-9-12-7-13(19)17(14(20)8-12)27-10-16(24)26-2/h3-9H,10H2,1-2H3,(H2,22,23,25). The number of nitrogens with zero attached hydrogens (tertiary/aromatic N) is 1. The maximum atomic E-state index is 11.9. The quantitative estimate of drug-likeness (QED) is 0.354. The van der Waals surface area contributed by atoms with Gasteiger partial charge in [-0.05, 0) is 68.1 Å². The summed E-state index contributed by atoms with van der Waals surface area (Å²) in [6.45, 7) is 1.69.